The van der Waals surface area contributed by atoms with Gasteiger partial charge in [0.15, 0.2) is 15.8 Å². The van der Waals surface area contributed by atoms with Crippen molar-refractivity contribution in [1.82, 2.24) is 10.4 Å². The maximum absolute atomic E-state index is 13.0. The third-order valence-electron chi connectivity index (χ3n) is 5.58. The number of nitrogens with zero attached hydrogens (tertiary/aromatic N) is 1. The first kappa shape index (κ1) is 25.0. The maximum Gasteiger partial charge on any atom is 0.285 e. The minimum absolute atomic E-state index is 0.265. The van der Waals surface area contributed by atoms with Crippen LogP contribution >= 0.6 is 35.3 Å². The van der Waals surface area contributed by atoms with Crippen LogP contribution in [-0.4, -0.2) is 27.8 Å². The zero-order valence-electron chi connectivity index (χ0n) is 19.8. The number of thiocarbonyl (C=S) groups is 1. The molecule has 0 unspecified atom stereocenters. The summed E-state index contributed by atoms with van der Waals surface area (Å²) in [6.45, 7) is 2.76. The molecule has 186 valence electrons. The molecular formula is C28H22N2O4S3. The summed E-state index contributed by atoms with van der Waals surface area (Å²) in [4.78, 5) is 26.3. The zero-order valence-corrected chi connectivity index (χ0v) is 22.3. The number of thiophene rings is 1. The molecule has 9 heteroatoms. The SMILES string of the molecule is CCOc1cc(/C=C2/SC(=S)N(NC(=O)c3cccs3)C2=O)ccc1OCc1cccc2ccccc12. The van der Waals surface area contributed by atoms with Gasteiger partial charge >= 0.3 is 0 Å². The van der Waals surface area contributed by atoms with Crippen molar-refractivity contribution in [2.75, 3.05) is 6.61 Å². The molecule has 6 nitrogen and oxygen atoms in total. The molecule has 0 saturated carbocycles. The van der Waals surface area contributed by atoms with Gasteiger partial charge in [-0.3, -0.25) is 15.0 Å². The second kappa shape index (κ2) is 11.2. The van der Waals surface area contributed by atoms with Crippen molar-refractivity contribution in [3.8, 4) is 11.5 Å². The molecule has 0 bridgehead atoms. The number of hydrogen-bond donors (Lipinski definition) is 1. The fraction of sp³-hybridized carbons (Fsp3) is 0.107. The molecule has 1 aliphatic rings. The van der Waals surface area contributed by atoms with Crippen LogP contribution in [0.1, 0.15) is 27.7 Å². The van der Waals surface area contributed by atoms with E-state index in [4.69, 9.17) is 21.7 Å². The summed E-state index contributed by atoms with van der Waals surface area (Å²) in [7, 11) is 0. The number of nitrogens with one attached hydrogen (secondary N) is 1. The number of carbonyl (C=O) groups is 2. The summed E-state index contributed by atoms with van der Waals surface area (Å²) in [6.07, 6.45) is 1.73. The van der Waals surface area contributed by atoms with Crippen LogP contribution in [0.25, 0.3) is 16.8 Å². The van der Waals surface area contributed by atoms with Gasteiger partial charge in [0, 0.05) is 0 Å². The molecule has 1 N–H and O–H groups in total. The minimum atomic E-state index is -0.380. The molecule has 1 fully saturated rings. The quantitative estimate of drug-likeness (QED) is 0.203. The number of fused-ring (bicyclic) bond motifs is 1. The fourth-order valence-corrected chi connectivity index (χ4v) is 5.65. The van der Waals surface area contributed by atoms with E-state index in [1.807, 2.05) is 43.3 Å². The number of benzene rings is 3. The largest absolute Gasteiger partial charge is 0.490 e. The van der Waals surface area contributed by atoms with Crippen LogP contribution in [0.2, 0.25) is 0 Å². The lowest BCUT2D eigenvalue weighted by Gasteiger charge is -2.15. The van der Waals surface area contributed by atoms with Crippen LogP contribution in [0.15, 0.2) is 83.1 Å². The molecule has 4 aromatic rings. The highest BCUT2D eigenvalue weighted by atomic mass is 32.2. The molecule has 1 aliphatic heterocycles. The van der Waals surface area contributed by atoms with E-state index in [0.717, 1.165) is 38.7 Å². The Labute approximate surface area is 227 Å². The van der Waals surface area contributed by atoms with Gasteiger partial charge in [-0.1, -0.05) is 66.4 Å². The van der Waals surface area contributed by atoms with E-state index in [1.54, 1.807) is 23.6 Å². The Hall–Kier alpha value is -3.66. The second-order valence-electron chi connectivity index (χ2n) is 8.00. The molecule has 37 heavy (non-hydrogen) atoms. The molecule has 0 spiro atoms. The van der Waals surface area contributed by atoms with Crippen molar-refractivity contribution in [1.29, 1.82) is 0 Å². The first-order chi connectivity index (χ1) is 18.0. The number of thioether (sulfide) groups is 1. The van der Waals surface area contributed by atoms with Gasteiger partial charge < -0.3 is 9.47 Å². The number of carbonyl (C=O) groups excluding carboxylic acids is 2. The van der Waals surface area contributed by atoms with Gasteiger partial charge in [0.1, 0.15) is 6.61 Å². The van der Waals surface area contributed by atoms with Gasteiger partial charge in [-0.15, -0.1) is 11.3 Å². The highest BCUT2D eigenvalue weighted by Gasteiger charge is 2.34. The van der Waals surface area contributed by atoms with Gasteiger partial charge in [0.2, 0.25) is 0 Å². The Morgan fingerprint density at radius 2 is 1.86 bits per heavy atom. The van der Waals surface area contributed by atoms with Crippen LogP contribution in [0, 0.1) is 0 Å². The second-order valence-corrected chi connectivity index (χ2v) is 10.6. The molecule has 2 amide bonds. The summed E-state index contributed by atoms with van der Waals surface area (Å²) in [5, 5.41) is 5.21. The standard InChI is InChI=1S/C28H22N2O4S3/c1-2-33-23-15-18(12-13-22(23)34-17-20-9-5-8-19-7-3-4-10-21(19)20)16-25-27(32)30(28(35)37-25)29-26(31)24-11-6-14-36-24/h3-16H,2,17H2,1H3,(H,29,31)/b25-16+. The predicted octanol–water partition coefficient (Wildman–Crippen LogP) is 6.43. The van der Waals surface area contributed by atoms with Crippen LogP contribution in [-0.2, 0) is 11.4 Å². The molecule has 3 aromatic carbocycles. The van der Waals surface area contributed by atoms with Crippen LogP contribution < -0.4 is 14.9 Å². The number of hydrazine groups is 1. The molecule has 1 aromatic heterocycles. The van der Waals surface area contributed by atoms with E-state index < -0.39 is 0 Å². The van der Waals surface area contributed by atoms with Gasteiger partial charge in [0.05, 0.1) is 16.4 Å². The fourth-order valence-electron chi connectivity index (χ4n) is 3.86. The van der Waals surface area contributed by atoms with E-state index in [2.05, 4.69) is 29.7 Å². The van der Waals surface area contributed by atoms with Crippen LogP contribution in [0.3, 0.4) is 0 Å². The van der Waals surface area contributed by atoms with Crippen molar-refractivity contribution < 1.29 is 19.1 Å². The average Bonchev–Trinajstić information content (AvgIpc) is 3.54. The van der Waals surface area contributed by atoms with E-state index in [0.29, 0.717) is 34.5 Å². The van der Waals surface area contributed by atoms with Crippen molar-refractivity contribution >= 4 is 68.3 Å². The number of rotatable bonds is 8. The topological polar surface area (TPSA) is 67.9 Å². The van der Waals surface area contributed by atoms with Crippen LogP contribution in [0.4, 0.5) is 0 Å². The Bertz CT molecular complexity index is 1510. The highest BCUT2D eigenvalue weighted by molar-refractivity contribution is 8.26. The molecular weight excluding hydrogens is 525 g/mol. The van der Waals surface area contributed by atoms with E-state index in [1.165, 1.54) is 11.3 Å². The van der Waals surface area contributed by atoms with Crippen molar-refractivity contribution in [2.45, 2.75) is 13.5 Å². The van der Waals surface area contributed by atoms with Gasteiger partial charge in [-0.05, 0) is 70.7 Å². The molecule has 0 aliphatic carbocycles. The van der Waals surface area contributed by atoms with E-state index in [-0.39, 0.29) is 16.1 Å². The van der Waals surface area contributed by atoms with Crippen LogP contribution in [0.5, 0.6) is 11.5 Å². The lowest BCUT2D eigenvalue weighted by atomic mass is 10.1. The Morgan fingerprint density at radius 1 is 1.03 bits per heavy atom. The lowest BCUT2D eigenvalue weighted by Crippen LogP contribution is -2.44. The molecule has 0 atom stereocenters. The van der Waals surface area contributed by atoms with Crippen molar-refractivity contribution in [3.63, 3.8) is 0 Å². The van der Waals surface area contributed by atoms with Crippen molar-refractivity contribution in [3.05, 3.63) is 99.1 Å². The normalized spacial score (nSPS) is 14.4. The lowest BCUT2D eigenvalue weighted by molar-refractivity contribution is -0.123. The third kappa shape index (κ3) is 5.53. The van der Waals surface area contributed by atoms with E-state index >= 15 is 0 Å². The summed E-state index contributed by atoms with van der Waals surface area (Å²) >= 11 is 7.76. The molecule has 5 rings (SSSR count). The predicted molar refractivity (Wildman–Crippen MR) is 153 cm³/mol. The Balaban J connectivity index is 1.33. The Kier molecular flexibility index (Phi) is 7.55. The first-order valence-electron chi connectivity index (χ1n) is 11.5. The first-order valence-corrected chi connectivity index (χ1v) is 13.6. The Morgan fingerprint density at radius 3 is 2.68 bits per heavy atom. The zero-order chi connectivity index (χ0) is 25.8. The third-order valence-corrected chi connectivity index (χ3v) is 7.75. The van der Waals surface area contributed by atoms with Crippen molar-refractivity contribution in [2.24, 2.45) is 0 Å². The number of amides is 2. The smallest absolute Gasteiger partial charge is 0.285 e. The molecule has 0 radical (unpaired) electrons. The van der Waals surface area contributed by atoms with Gasteiger partial charge in [0.25, 0.3) is 11.8 Å². The monoisotopic (exact) mass is 546 g/mol. The minimum Gasteiger partial charge on any atom is -0.490 e. The maximum atomic E-state index is 13.0. The summed E-state index contributed by atoms with van der Waals surface area (Å²) in [5.41, 5.74) is 4.43. The van der Waals surface area contributed by atoms with Gasteiger partial charge in [-0.2, -0.15) is 5.01 Å². The van der Waals surface area contributed by atoms with E-state index in [9.17, 15) is 9.59 Å². The molecule has 1 saturated heterocycles. The van der Waals surface area contributed by atoms with Gasteiger partial charge in [-0.25, -0.2) is 0 Å². The number of hydrogen-bond acceptors (Lipinski definition) is 7. The summed E-state index contributed by atoms with van der Waals surface area (Å²) < 4.78 is 12.3. The highest BCUT2D eigenvalue weighted by Crippen LogP contribution is 2.35. The average molecular weight is 547 g/mol. The number of ether oxygens (including phenoxy) is 2. The summed E-state index contributed by atoms with van der Waals surface area (Å²) in [6, 6.07) is 23.3. The summed E-state index contributed by atoms with van der Waals surface area (Å²) in [5.74, 6) is 0.439. The molecule has 2 heterocycles.